The van der Waals surface area contributed by atoms with Crippen LogP contribution in [0.3, 0.4) is 0 Å². The molecule has 2 heteroatoms. The number of fused-ring (bicyclic) bond motifs is 1. The predicted octanol–water partition coefficient (Wildman–Crippen LogP) is 5.04. The van der Waals surface area contributed by atoms with E-state index in [1.165, 1.54) is 10.8 Å². The summed E-state index contributed by atoms with van der Waals surface area (Å²) in [4.78, 5) is 0. The molecule has 120 valence electrons. The predicted molar refractivity (Wildman–Crippen MR) is 98.7 cm³/mol. The van der Waals surface area contributed by atoms with E-state index in [4.69, 9.17) is 9.47 Å². The van der Waals surface area contributed by atoms with Crippen molar-refractivity contribution in [2.75, 3.05) is 13.7 Å². The molecule has 0 aliphatic heterocycles. The third-order valence-corrected chi connectivity index (χ3v) is 3.73. The van der Waals surface area contributed by atoms with Gasteiger partial charge in [0.1, 0.15) is 11.5 Å². The summed E-state index contributed by atoms with van der Waals surface area (Å²) in [7, 11) is 1.66. The van der Waals surface area contributed by atoms with Gasteiger partial charge in [-0.15, -0.1) is 0 Å². The SMILES string of the molecule is CCCOc1ccc2cc(C#Cc3ccc(OC)cc3)ccc2c1. The second kappa shape index (κ2) is 7.57. The smallest absolute Gasteiger partial charge is 0.119 e. The van der Waals surface area contributed by atoms with Gasteiger partial charge in [-0.25, -0.2) is 0 Å². The molecule has 0 N–H and O–H groups in total. The van der Waals surface area contributed by atoms with E-state index < -0.39 is 0 Å². The molecule has 0 amide bonds. The van der Waals surface area contributed by atoms with Crippen LogP contribution in [0.2, 0.25) is 0 Å². The molecule has 0 saturated carbocycles. The molecule has 3 aromatic rings. The Morgan fingerprint density at radius 1 is 0.750 bits per heavy atom. The van der Waals surface area contributed by atoms with Crippen molar-refractivity contribution in [1.29, 1.82) is 0 Å². The molecule has 0 unspecified atom stereocenters. The van der Waals surface area contributed by atoms with Crippen LogP contribution in [0.1, 0.15) is 24.5 Å². The molecule has 3 rings (SSSR count). The number of hydrogen-bond donors (Lipinski definition) is 0. The summed E-state index contributed by atoms with van der Waals surface area (Å²) in [6.07, 6.45) is 1.01. The summed E-state index contributed by atoms with van der Waals surface area (Å²) in [5, 5.41) is 2.33. The number of ether oxygens (including phenoxy) is 2. The van der Waals surface area contributed by atoms with Crippen molar-refractivity contribution in [2.24, 2.45) is 0 Å². The fourth-order valence-electron chi connectivity index (χ4n) is 2.43. The quantitative estimate of drug-likeness (QED) is 0.628. The molecule has 24 heavy (non-hydrogen) atoms. The zero-order valence-electron chi connectivity index (χ0n) is 14.0. The van der Waals surface area contributed by atoms with E-state index in [0.29, 0.717) is 0 Å². The Balaban J connectivity index is 1.81. The van der Waals surface area contributed by atoms with Gasteiger partial charge in [-0.05, 0) is 65.7 Å². The van der Waals surface area contributed by atoms with E-state index >= 15 is 0 Å². The van der Waals surface area contributed by atoms with Gasteiger partial charge in [0.2, 0.25) is 0 Å². The van der Waals surface area contributed by atoms with Crippen LogP contribution in [0.4, 0.5) is 0 Å². The Morgan fingerprint density at radius 2 is 1.38 bits per heavy atom. The lowest BCUT2D eigenvalue weighted by molar-refractivity contribution is 0.318. The lowest BCUT2D eigenvalue weighted by Gasteiger charge is -2.06. The summed E-state index contributed by atoms with van der Waals surface area (Å²) in [5.41, 5.74) is 1.97. The third kappa shape index (κ3) is 3.88. The van der Waals surface area contributed by atoms with Gasteiger partial charge in [-0.3, -0.25) is 0 Å². The van der Waals surface area contributed by atoms with Crippen LogP contribution >= 0.6 is 0 Å². The molecule has 0 atom stereocenters. The van der Waals surface area contributed by atoms with Crippen molar-refractivity contribution < 1.29 is 9.47 Å². The van der Waals surface area contributed by atoms with Gasteiger partial charge in [0.15, 0.2) is 0 Å². The molecule has 0 heterocycles. The van der Waals surface area contributed by atoms with Gasteiger partial charge >= 0.3 is 0 Å². The van der Waals surface area contributed by atoms with Crippen LogP contribution in [0.25, 0.3) is 10.8 Å². The summed E-state index contributed by atoms with van der Waals surface area (Å²) in [6.45, 7) is 2.85. The van der Waals surface area contributed by atoms with E-state index in [-0.39, 0.29) is 0 Å². The first kappa shape index (κ1) is 16.0. The number of rotatable bonds is 4. The first-order valence-corrected chi connectivity index (χ1v) is 8.11. The monoisotopic (exact) mass is 316 g/mol. The summed E-state index contributed by atoms with van der Waals surface area (Å²) >= 11 is 0. The number of benzene rings is 3. The normalized spacial score (nSPS) is 10.1. The third-order valence-electron chi connectivity index (χ3n) is 3.73. The van der Waals surface area contributed by atoms with E-state index in [9.17, 15) is 0 Å². The molecule has 0 aliphatic carbocycles. The molecule has 2 nitrogen and oxygen atoms in total. The fourth-order valence-corrected chi connectivity index (χ4v) is 2.43. The highest BCUT2D eigenvalue weighted by atomic mass is 16.5. The fraction of sp³-hybridized carbons (Fsp3) is 0.182. The van der Waals surface area contributed by atoms with Crippen LogP contribution in [0.15, 0.2) is 60.7 Å². The Morgan fingerprint density at radius 3 is 2.12 bits per heavy atom. The van der Waals surface area contributed by atoms with Gasteiger partial charge in [0.05, 0.1) is 13.7 Å². The van der Waals surface area contributed by atoms with Crippen molar-refractivity contribution in [1.82, 2.24) is 0 Å². The lowest BCUT2D eigenvalue weighted by Crippen LogP contribution is -1.94. The minimum absolute atomic E-state index is 0.747. The Kier molecular flexibility index (Phi) is 5.03. The van der Waals surface area contributed by atoms with E-state index in [1.807, 2.05) is 36.4 Å². The standard InChI is InChI=1S/C22H20O2/c1-3-14-24-22-13-10-19-15-18(6-9-20(19)16-22)5-4-17-7-11-21(23-2)12-8-17/h6-13,15-16H,3,14H2,1-2H3. The maximum atomic E-state index is 5.68. The Bertz CT molecular complexity index is 883. The average Bonchev–Trinajstić information content (AvgIpc) is 2.64. The highest BCUT2D eigenvalue weighted by molar-refractivity contribution is 5.85. The largest absolute Gasteiger partial charge is 0.497 e. The molecule has 0 radical (unpaired) electrons. The maximum absolute atomic E-state index is 5.68. The van der Waals surface area contributed by atoms with Crippen molar-refractivity contribution in [3.05, 3.63) is 71.8 Å². The topological polar surface area (TPSA) is 18.5 Å². The zero-order chi connectivity index (χ0) is 16.8. The van der Waals surface area contributed by atoms with Crippen LogP contribution in [-0.4, -0.2) is 13.7 Å². The van der Waals surface area contributed by atoms with Gasteiger partial charge in [0.25, 0.3) is 0 Å². The van der Waals surface area contributed by atoms with Crippen LogP contribution in [-0.2, 0) is 0 Å². The second-order valence-electron chi connectivity index (χ2n) is 5.55. The van der Waals surface area contributed by atoms with E-state index in [1.54, 1.807) is 7.11 Å². The molecule has 0 bridgehead atoms. The first-order valence-electron chi connectivity index (χ1n) is 8.11. The Hall–Kier alpha value is -2.92. The van der Waals surface area contributed by atoms with Crippen LogP contribution in [0.5, 0.6) is 11.5 Å². The molecule has 0 fully saturated rings. The highest BCUT2D eigenvalue weighted by Crippen LogP contribution is 2.22. The molecule has 3 aromatic carbocycles. The van der Waals surface area contributed by atoms with Crippen molar-refractivity contribution in [2.45, 2.75) is 13.3 Å². The molecule has 0 aliphatic rings. The first-order chi connectivity index (χ1) is 11.8. The zero-order valence-corrected chi connectivity index (χ0v) is 14.0. The van der Waals surface area contributed by atoms with E-state index in [0.717, 1.165) is 35.7 Å². The molecule has 0 aromatic heterocycles. The number of methoxy groups -OCH3 is 1. The molecular formula is C22H20O2. The van der Waals surface area contributed by atoms with Crippen molar-refractivity contribution in [3.63, 3.8) is 0 Å². The van der Waals surface area contributed by atoms with Gasteiger partial charge in [-0.2, -0.15) is 0 Å². The van der Waals surface area contributed by atoms with Gasteiger partial charge in [-0.1, -0.05) is 30.9 Å². The van der Waals surface area contributed by atoms with E-state index in [2.05, 4.69) is 43.0 Å². The second-order valence-corrected chi connectivity index (χ2v) is 5.55. The van der Waals surface area contributed by atoms with Crippen LogP contribution in [0, 0.1) is 11.8 Å². The summed E-state index contributed by atoms with van der Waals surface area (Å²) in [6, 6.07) is 20.2. The summed E-state index contributed by atoms with van der Waals surface area (Å²) in [5.74, 6) is 8.16. The molecule has 0 spiro atoms. The van der Waals surface area contributed by atoms with Crippen molar-refractivity contribution >= 4 is 10.8 Å². The van der Waals surface area contributed by atoms with Gasteiger partial charge in [0, 0.05) is 11.1 Å². The minimum atomic E-state index is 0.747. The molecular weight excluding hydrogens is 296 g/mol. The van der Waals surface area contributed by atoms with Gasteiger partial charge < -0.3 is 9.47 Å². The number of hydrogen-bond acceptors (Lipinski definition) is 2. The Labute approximate surface area is 143 Å². The summed E-state index contributed by atoms with van der Waals surface area (Å²) < 4.78 is 10.8. The lowest BCUT2D eigenvalue weighted by atomic mass is 10.1. The average molecular weight is 316 g/mol. The highest BCUT2D eigenvalue weighted by Gasteiger charge is 1.98. The molecule has 0 saturated heterocycles. The minimum Gasteiger partial charge on any atom is -0.497 e. The maximum Gasteiger partial charge on any atom is 0.119 e. The van der Waals surface area contributed by atoms with Crippen molar-refractivity contribution in [3.8, 4) is 23.3 Å². The van der Waals surface area contributed by atoms with Crippen LogP contribution < -0.4 is 9.47 Å².